The molecule has 0 saturated heterocycles. The maximum atomic E-state index is 14.0. The molecule has 3 nitrogen and oxygen atoms in total. The first-order chi connectivity index (χ1) is 12.5. The average molecular weight is 382 g/mol. The van der Waals surface area contributed by atoms with Crippen molar-refractivity contribution < 1.29 is 22.3 Å². The Morgan fingerprint density at radius 2 is 1.81 bits per heavy atom. The first-order valence-electron chi connectivity index (χ1n) is 7.59. The second kappa shape index (κ2) is 8.18. The number of aromatic nitrogens is 1. The largest absolute Gasteiger partial charge is 0.432 e. The SMILES string of the molecule is Fc1cc(OC(F)F)c(F)cc1NSc1c[nH]cc1Cc1ccccc1. The van der Waals surface area contributed by atoms with Crippen LogP contribution in [-0.2, 0) is 6.42 Å². The van der Waals surface area contributed by atoms with E-state index in [4.69, 9.17) is 0 Å². The second-order valence-corrected chi connectivity index (χ2v) is 6.20. The van der Waals surface area contributed by atoms with Crippen molar-refractivity contribution in [2.45, 2.75) is 17.9 Å². The third kappa shape index (κ3) is 4.51. The van der Waals surface area contributed by atoms with E-state index in [1.165, 1.54) is 0 Å². The summed E-state index contributed by atoms with van der Waals surface area (Å²) in [6.45, 7) is -3.22. The Balaban J connectivity index is 1.70. The number of halogens is 4. The highest BCUT2D eigenvalue weighted by Gasteiger charge is 2.15. The van der Waals surface area contributed by atoms with Gasteiger partial charge in [-0.1, -0.05) is 30.3 Å². The topological polar surface area (TPSA) is 37.0 Å². The lowest BCUT2D eigenvalue weighted by Crippen LogP contribution is -2.05. The van der Waals surface area contributed by atoms with E-state index in [1.807, 2.05) is 36.5 Å². The van der Waals surface area contributed by atoms with Crippen LogP contribution in [0.1, 0.15) is 11.1 Å². The van der Waals surface area contributed by atoms with Gasteiger partial charge in [-0.25, -0.2) is 8.78 Å². The van der Waals surface area contributed by atoms with Crippen LogP contribution in [0.4, 0.5) is 23.2 Å². The number of nitrogens with one attached hydrogen (secondary N) is 2. The summed E-state index contributed by atoms with van der Waals surface area (Å²) in [4.78, 5) is 3.79. The Bertz CT molecular complexity index is 871. The number of benzene rings is 2. The van der Waals surface area contributed by atoms with Crippen LogP contribution in [0.3, 0.4) is 0 Å². The molecule has 3 aromatic rings. The van der Waals surface area contributed by atoms with E-state index >= 15 is 0 Å². The summed E-state index contributed by atoms with van der Waals surface area (Å²) < 4.78 is 58.7. The molecule has 0 atom stereocenters. The van der Waals surface area contributed by atoms with Crippen LogP contribution in [0.5, 0.6) is 5.75 Å². The molecule has 0 aliphatic heterocycles. The third-order valence-corrected chi connectivity index (χ3v) is 4.46. The zero-order chi connectivity index (χ0) is 18.5. The molecular formula is C18H14F4N2OS. The van der Waals surface area contributed by atoms with Gasteiger partial charge in [0.25, 0.3) is 0 Å². The van der Waals surface area contributed by atoms with E-state index in [2.05, 4.69) is 14.4 Å². The summed E-state index contributed by atoms with van der Waals surface area (Å²) in [5, 5.41) is 0. The minimum absolute atomic E-state index is 0.166. The van der Waals surface area contributed by atoms with Crippen molar-refractivity contribution in [1.29, 1.82) is 0 Å². The van der Waals surface area contributed by atoms with Gasteiger partial charge in [0.15, 0.2) is 17.4 Å². The van der Waals surface area contributed by atoms with E-state index in [0.717, 1.165) is 34.0 Å². The molecule has 0 unspecified atom stereocenters. The summed E-state index contributed by atoms with van der Waals surface area (Å²) in [6, 6.07) is 11.2. The van der Waals surface area contributed by atoms with Crippen LogP contribution in [0.15, 0.2) is 59.8 Å². The van der Waals surface area contributed by atoms with Gasteiger partial charge < -0.3 is 14.4 Å². The van der Waals surface area contributed by atoms with Crippen molar-refractivity contribution in [2.24, 2.45) is 0 Å². The van der Waals surface area contributed by atoms with Crippen LogP contribution in [-0.4, -0.2) is 11.6 Å². The molecule has 0 spiro atoms. The Morgan fingerprint density at radius 3 is 2.54 bits per heavy atom. The van der Waals surface area contributed by atoms with Gasteiger partial charge in [0.1, 0.15) is 0 Å². The first-order valence-corrected chi connectivity index (χ1v) is 8.41. The van der Waals surface area contributed by atoms with Gasteiger partial charge >= 0.3 is 6.61 Å². The lowest BCUT2D eigenvalue weighted by atomic mass is 10.1. The first kappa shape index (κ1) is 18.2. The Hall–Kier alpha value is -2.61. The molecule has 0 aliphatic rings. The quantitative estimate of drug-likeness (QED) is 0.412. The summed E-state index contributed by atoms with van der Waals surface area (Å²) in [5.41, 5.74) is 1.92. The molecule has 3 rings (SSSR count). The highest BCUT2D eigenvalue weighted by molar-refractivity contribution is 8.00. The van der Waals surface area contributed by atoms with Gasteiger partial charge in [-0.15, -0.1) is 0 Å². The summed E-state index contributed by atoms with van der Waals surface area (Å²) in [6.07, 6.45) is 4.23. The van der Waals surface area contributed by atoms with E-state index in [9.17, 15) is 17.6 Å². The predicted molar refractivity (Wildman–Crippen MR) is 92.5 cm³/mol. The maximum Gasteiger partial charge on any atom is 0.387 e. The van der Waals surface area contributed by atoms with Crippen LogP contribution < -0.4 is 9.46 Å². The van der Waals surface area contributed by atoms with Crippen molar-refractivity contribution in [3.63, 3.8) is 0 Å². The molecule has 0 radical (unpaired) electrons. The van der Waals surface area contributed by atoms with Gasteiger partial charge in [-0.05, 0) is 23.1 Å². The molecule has 136 valence electrons. The van der Waals surface area contributed by atoms with Crippen LogP contribution in [0.25, 0.3) is 0 Å². The Labute approximate surface area is 151 Å². The lowest BCUT2D eigenvalue weighted by molar-refractivity contribution is -0.0523. The fraction of sp³-hybridized carbons (Fsp3) is 0.111. The molecule has 2 aromatic carbocycles. The lowest BCUT2D eigenvalue weighted by Gasteiger charge is -2.11. The highest BCUT2D eigenvalue weighted by Crippen LogP contribution is 2.31. The molecule has 1 aromatic heterocycles. The maximum absolute atomic E-state index is 14.0. The number of hydrogen-bond acceptors (Lipinski definition) is 3. The summed E-state index contributed by atoms with van der Waals surface area (Å²) >= 11 is 1.09. The molecule has 0 aliphatic carbocycles. The number of hydrogen-bond donors (Lipinski definition) is 2. The van der Waals surface area contributed by atoms with E-state index in [-0.39, 0.29) is 5.69 Å². The van der Waals surface area contributed by atoms with E-state index in [1.54, 1.807) is 6.20 Å². The van der Waals surface area contributed by atoms with Gasteiger partial charge in [-0.2, -0.15) is 8.78 Å². The number of rotatable bonds is 7. The number of ether oxygens (including phenoxy) is 1. The van der Waals surface area contributed by atoms with Crippen molar-refractivity contribution in [1.82, 2.24) is 4.98 Å². The smallest absolute Gasteiger partial charge is 0.387 e. The number of alkyl halides is 2. The fourth-order valence-corrected chi connectivity index (χ4v) is 3.10. The van der Waals surface area contributed by atoms with Crippen molar-refractivity contribution in [3.8, 4) is 5.75 Å². The van der Waals surface area contributed by atoms with Gasteiger partial charge in [-0.3, -0.25) is 0 Å². The molecule has 0 saturated carbocycles. The van der Waals surface area contributed by atoms with Crippen molar-refractivity contribution in [3.05, 3.63) is 77.6 Å². The molecule has 0 amide bonds. The zero-order valence-electron chi connectivity index (χ0n) is 13.3. The minimum Gasteiger partial charge on any atom is -0.432 e. The monoisotopic (exact) mass is 382 g/mol. The normalized spacial score (nSPS) is 11.0. The number of anilines is 1. The molecule has 0 fully saturated rings. The summed E-state index contributed by atoms with van der Waals surface area (Å²) in [5.74, 6) is -2.80. The van der Waals surface area contributed by atoms with Crippen LogP contribution in [0, 0.1) is 11.6 Å². The Morgan fingerprint density at radius 1 is 1.04 bits per heavy atom. The summed E-state index contributed by atoms with van der Waals surface area (Å²) in [7, 11) is 0. The van der Waals surface area contributed by atoms with Gasteiger partial charge in [0, 0.05) is 35.8 Å². The van der Waals surface area contributed by atoms with Crippen LogP contribution in [0.2, 0.25) is 0 Å². The van der Waals surface area contributed by atoms with Crippen molar-refractivity contribution in [2.75, 3.05) is 4.72 Å². The number of aromatic amines is 1. The van der Waals surface area contributed by atoms with Crippen LogP contribution >= 0.6 is 11.9 Å². The highest BCUT2D eigenvalue weighted by atomic mass is 32.2. The molecular weight excluding hydrogens is 368 g/mol. The third-order valence-electron chi connectivity index (χ3n) is 3.53. The van der Waals surface area contributed by atoms with Gasteiger partial charge in [0.05, 0.1) is 5.69 Å². The molecule has 26 heavy (non-hydrogen) atoms. The Kier molecular flexibility index (Phi) is 5.72. The average Bonchev–Trinajstić information content (AvgIpc) is 3.04. The molecule has 8 heteroatoms. The zero-order valence-corrected chi connectivity index (χ0v) is 14.1. The predicted octanol–water partition coefficient (Wildman–Crippen LogP) is 5.60. The second-order valence-electron chi connectivity index (χ2n) is 5.35. The molecule has 1 heterocycles. The van der Waals surface area contributed by atoms with Crippen molar-refractivity contribution >= 4 is 17.6 Å². The van der Waals surface area contributed by atoms with E-state index < -0.39 is 24.0 Å². The minimum atomic E-state index is -3.22. The number of H-pyrrole nitrogens is 1. The van der Waals surface area contributed by atoms with E-state index in [0.29, 0.717) is 12.5 Å². The molecule has 0 bridgehead atoms. The standard InChI is InChI=1S/C18H14F4N2OS/c19-13-8-16(25-18(21)22)14(20)7-15(13)24-26-17-10-23-9-12(17)6-11-4-2-1-3-5-11/h1-5,7-10,18,23-24H,6H2. The van der Waals surface area contributed by atoms with Gasteiger partial charge in [0.2, 0.25) is 0 Å². The molecule has 2 N–H and O–H groups in total. The fourth-order valence-electron chi connectivity index (χ4n) is 2.33.